The molecule has 4 rings (SSSR count). The first kappa shape index (κ1) is 19.4. The van der Waals surface area contributed by atoms with E-state index in [9.17, 15) is 9.59 Å². The Kier molecular flexibility index (Phi) is 5.99. The average molecular weight is 392 g/mol. The van der Waals surface area contributed by atoms with Crippen LogP contribution in [-0.2, 0) is 19.0 Å². The average Bonchev–Trinajstić information content (AvgIpc) is 3.48. The van der Waals surface area contributed by atoms with Crippen molar-refractivity contribution in [3.63, 3.8) is 0 Å². The van der Waals surface area contributed by atoms with Gasteiger partial charge in [-0.15, -0.1) is 0 Å². The topological polar surface area (TPSA) is 81.5 Å². The predicted molar refractivity (Wildman–Crippen MR) is 98.7 cm³/mol. The van der Waals surface area contributed by atoms with E-state index in [-0.39, 0.29) is 17.9 Å². The number of hydrogen-bond donors (Lipinski definition) is 0. The Balaban J connectivity index is 1.31. The molecule has 1 atom stereocenters. The van der Waals surface area contributed by atoms with E-state index in [1.807, 2.05) is 4.90 Å². The van der Waals surface area contributed by atoms with Crippen LogP contribution < -0.4 is 0 Å². The number of nitrogens with zero attached hydrogens (tertiary/aromatic N) is 2. The van der Waals surface area contributed by atoms with E-state index in [1.54, 1.807) is 11.0 Å². The van der Waals surface area contributed by atoms with Crippen molar-refractivity contribution in [2.45, 2.75) is 44.0 Å². The number of ether oxygens (including phenoxy) is 3. The van der Waals surface area contributed by atoms with Gasteiger partial charge >= 0.3 is 0 Å². The summed E-state index contributed by atoms with van der Waals surface area (Å²) in [4.78, 5) is 29.1. The molecule has 154 valence electrons. The van der Waals surface area contributed by atoms with Crippen LogP contribution in [0, 0.1) is 0 Å². The molecule has 0 bridgehead atoms. The molecule has 3 aliphatic rings. The van der Waals surface area contributed by atoms with Crippen molar-refractivity contribution in [2.24, 2.45) is 0 Å². The Hall–Kier alpha value is -1.90. The highest BCUT2D eigenvalue weighted by Crippen LogP contribution is 2.31. The minimum Gasteiger partial charge on any atom is -0.472 e. The van der Waals surface area contributed by atoms with E-state index < -0.39 is 5.79 Å². The summed E-state index contributed by atoms with van der Waals surface area (Å²) >= 11 is 0. The molecule has 0 saturated carbocycles. The van der Waals surface area contributed by atoms with E-state index in [0.717, 1.165) is 19.4 Å². The predicted octanol–water partition coefficient (Wildman–Crippen LogP) is 1.66. The third kappa shape index (κ3) is 4.39. The van der Waals surface area contributed by atoms with E-state index in [0.29, 0.717) is 64.2 Å². The van der Waals surface area contributed by atoms with Crippen LogP contribution in [0.2, 0.25) is 0 Å². The van der Waals surface area contributed by atoms with Crippen LogP contribution in [0.15, 0.2) is 23.0 Å². The van der Waals surface area contributed by atoms with Crippen LogP contribution >= 0.6 is 0 Å². The maximum atomic E-state index is 12.8. The fraction of sp³-hybridized carbons (Fsp3) is 0.700. The maximum absolute atomic E-state index is 12.8. The molecule has 1 aromatic heterocycles. The van der Waals surface area contributed by atoms with E-state index in [1.165, 1.54) is 12.5 Å². The molecule has 1 unspecified atom stereocenters. The number of carbonyl (C=O) groups is 2. The van der Waals surface area contributed by atoms with Crippen molar-refractivity contribution in [3.05, 3.63) is 24.2 Å². The summed E-state index contributed by atoms with van der Waals surface area (Å²) in [6, 6.07) is 1.65. The van der Waals surface area contributed by atoms with E-state index >= 15 is 0 Å². The molecule has 28 heavy (non-hydrogen) atoms. The van der Waals surface area contributed by atoms with Gasteiger partial charge < -0.3 is 28.4 Å². The Bertz CT molecular complexity index is 654. The largest absolute Gasteiger partial charge is 0.472 e. The second kappa shape index (κ2) is 8.63. The molecule has 8 nitrogen and oxygen atoms in total. The van der Waals surface area contributed by atoms with Crippen molar-refractivity contribution >= 4 is 11.8 Å². The van der Waals surface area contributed by atoms with Gasteiger partial charge in [-0.05, 0) is 18.9 Å². The number of carbonyl (C=O) groups excluding carboxylic acids is 2. The zero-order valence-corrected chi connectivity index (χ0v) is 16.1. The molecule has 0 radical (unpaired) electrons. The molecular weight excluding hydrogens is 364 g/mol. The van der Waals surface area contributed by atoms with Gasteiger partial charge in [0.1, 0.15) is 6.26 Å². The molecule has 3 saturated heterocycles. The molecule has 0 N–H and O–H groups in total. The Morgan fingerprint density at radius 3 is 2.61 bits per heavy atom. The highest BCUT2D eigenvalue weighted by Gasteiger charge is 2.40. The van der Waals surface area contributed by atoms with Crippen molar-refractivity contribution < 1.29 is 28.2 Å². The maximum Gasteiger partial charge on any atom is 0.257 e. The number of rotatable bonds is 6. The summed E-state index contributed by atoms with van der Waals surface area (Å²) in [7, 11) is 0. The van der Waals surface area contributed by atoms with Gasteiger partial charge in [0.05, 0.1) is 31.1 Å². The van der Waals surface area contributed by atoms with Gasteiger partial charge in [0.2, 0.25) is 5.91 Å². The first-order chi connectivity index (χ1) is 13.7. The van der Waals surface area contributed by atoms with Crippen LogP contribution in [0.1, 0.15) is 42.5 Å². The molecule has 3 fully saturated rings. The Morgan fingerprint density at radius 2 is 1.96 bits per heavy atom. The molecule has 8 heteroatoms. The summed E-state index contributed by atoms with van der Waals surface area (Å²) in [5, 5.41) is 0. The van der Waals surface area contributed by atoms with Gasteiger partial charge in [0, 0.05) is 52.0 Å². The van der Waals surface area contributed by atoms with Gasteiger partial charge in [-0.1, -0.05) is 0 Å². The van der Waals surface area contributed by atoms with Crippen molar-refractivity contribution in [1.82, 2.24) is 9.80 Å². The standard InChI is InChI=1S/C20H28N2O6/c23-18(21-8-5-20(6-9-21)27-12-13-28-20)3-7-22(14-17-2-1-10-26-17)19(24)16-4-11-25-15-16/h4,11,15,17H,1-3,5-10,12-14H2. The molecule has 1 aromatic rings. The summed E-state index contributed by atoms with van der Waals surface area (Å²) in [5.41, 5.74) is 0.501. The van der Waals surface area contributed by atoms with Crippen LogP contribution in [0.4, 0.5) is 0 Å². The van der Waals surface area contributed by atoms with Gasteiger partial charge in [-0.2, -0.15) is 0 Å². The van der Waals surface area contributed by atoms with Gasteiger partial charge in [-0.25, -0.2) is 0 Å². The molecule has 0 aliphatic carbocycles. The van der Waals surface area contributed by atoms with Crippen molar-refractivity contribution in [1.29, 1.82) is 0 Å². The lowest BCUT2D eigenvalue weighted by molar-refractivity contribution is -0.187. The van der Waals surface area contributed by atoms with E-state index in [4.69, 9.17) is 18.6 Å². The fourth-order valence-electron chi connectivity index (χ4n) is 4.15. The van der Waals surface area contributed by atoms with Crippen LogP contribution in [0.25, 0.3) is 0 Å². The molecule has 4 heterocycles. The number of piperidine rings is 1. The Labute approximate surface area is 164 Å². The second-order valence-corrected chi connectivity index (χ2v) is 7.64. The lowest BCUT2D eigenvalue weighted by atomic mass is 10.0. The summed E-state index contributed by atoms with van der Waals surface area (Å²) < 4.78 is 22.2. The van der Waals surface area contributed by atoms with Gasteiger partial charge in [0.15, 0.2) is 5.79 Å². The van der Waals surface area contributed by atoms with Crippen LogP contribution in [0.5, 0.6) is 0 Å². The highest BCUT2D eigenvalue weighted by atomic mass is 16.7. The minimum absolute atomic E-state index is 0.0393. The first-order valence-electron chi connectivity index (χ1n) is 10.1. The minimum atomic E-state index is -0.486. The van der Waals surface area contributed by atoms with Crippen LogP contribution in [-0.4, -0.2) is 79.5 Å². The SMILES string of the molecule is O=C(CCN(CC1CCCO1)C(=O)c1ccoc1)N1CCC2(CC1)OCCO2. The summed E-state index contributed by atoms with van der Waals surface area (Å²) in [6.45, 7) is 4.11. The zero-order chi connectivity index (χ0) is 19.4. The molecule has 3 aliphatic heterocycles. The molecular formula is C20H28N2O6. The number of amides is 2. The lowest BCUT2D eigenvalue weighted by Gasteiger charge is -2.37. The molecule has 1 spiro atoms. The van der Waals surface area contributed by atoms with E-state index in [2.05, 4.69) is 0 Å². The summed E-state index contributed by atoms with van der Waals surface area (Å²) in [6.07, 6.45) is 6.62. The smallest absolute Gasteiger partial charge is 0.257 e. The molecule has 0 aromatic carbocycles. The summed E-state index contributed by atoms with van der Waals surface area (Å²) in [5.74, 6) is -0.549. The second-order valence-electron chi connectivity index (χ2n) is 7.64. The molecule has 2 amide bonds. The lowest BCUT2D eigenvalue weighted by Crippen LogP contribution is -2.48. The van der Waals surface area contributed by atoms with Gasteiger partial charge in [-0.3, -0.25) is 9.59 Å². The van der Waals surface area contributed by atoms with Crippen molar-refractivity contribution in [3.8, 4) is 0 Å². The number of likely N-dealkylation sites (tertiary alicyclic amines) is 1. The normalized spacial score (nSPS) is 24.0. The highest BCUT2D eigenvalue weighted by molar-refractivity contribution is 5.94. The fourth-order valence-corrected chi connectivity index (χ4v) is 4.15. The van der Waals surface area contributed by atoms with Gasteiger partial charge in [0.25, 0.3) is 5.91 Å². The quantitative estimate of drug-likeness (QED) is 0.732. The number of furan rings is 1. The third-order valence-electron chi connectivity index (χ3n) is 5.79. The van der Waals surface area contributed by atoms with Crippen LogP contribution in [0.3, 0.4) is 0 Å². The first-order valence-corrected chi connectivity index (χ1v) is 10.1. The zero-order valence-electron chi connectivity index (χ0n) is 16.1. The van der Waals surface area contributed by atoms with Crippen molar-refractivity contribution in [2.75, 3.05) is 46.0 Å². The third-order valence-corrected chi connectivity index (χ3v) is 5.79. The Morgan fingerprint density at radius 1 is 1.18 bits per heavy atom. The number of hydrogen-bond acceptors (Lipinski definition) is 6. The monoisotopic (exact) mass is 392 g/mol.